The Morgan fingerprint density at radius 1 is 0.846 bits per heavy atom. The molecule has 0 fully saturated rings. The number of methoxy groups -OCH3 is 1. The Balaban J connectivity index is 1.78. The summed E-state index contributed by atoms with van der Waals surface area (Å²) in [6.45, 7) is 4.00. The molecule has 3 rings (SSSR count). The van der Waals surface area contributed by atoms with Crippen LogP contribution in [0.3, 0.4) is 0 Å². The highest BCUT2D eigenvalue weighted by Gasteiger charge is 2.20. The normalized spacial score (nSPS) is 10.6. The molecule has 0 heterocycles. The minimum absolute atomic E-state index is 0.250. The maximum absolute atomic E-state index is 13.4. The summed E-state index contributed by atoms with van der Waals surface area (Å²) in [5.74, 6) is 0.844. The number of hydrogen-bond donors (Lipinski definition) is 3. The summed E-state index contributed by atoms with van der Waals surface area (Å²) >= 11 is 0. The van der Waals surface area contributed by atoms with Gasteiger partial charge in [0.15, 0.2) is 0 Å². The third kappa shape index (κ3) is 7.95. The number of amides is 2. The molecular weight excluding hydrogens is 496 g/mol. The van der Waals surface area contributed by atoms with E-state index in [4.69, 9.17) is 25.7 Å². The summed E-state index contributed by atoms with van der Waals surface area (Å²) in [4.78, 5) is 28.1. The van der Waals surface area contributed by atoms with E-state index in [0.717, 1.165) is 18.4 Å². The Bertz CT molecular complexity index is 1260. The molecule has 9 heteroatoms. The smallest absolute Gasteiger partial charge is 0.259 e. The van der Waals surface area contributed by atoms with Crippen LogP contribution in [-0.4, -0.2) is 52.3 Å². The van der Waals surface area contributed by atoms with Crippen LogP contribution in [0.1, 0.15) is 45.5 Å². The van der Waals surface area contributed by atoms with Crippen LogP contribution in [0.15, 0.2) is 60.7 Å². The van der Waals surface area contributed by atoms with Gasteiger partial charge in [0.2, 0.25) is 0 Å². The molecule has 0 radical (unpaired) electrons. The lowest BCUT2D eigenvalue weighted by molar-refractivity contribution is 0.0990. The summed E-state index contributed by atoms with van der Waals surface area (Å²) in [6.07, 6.45) is 2.37. The van der Waals surface area contributed by atoms with Crippen LogP contribution in [0.25, 0.3) is 0 Å². The maximum atomic E-state index is 13.4. The molecule has 0 atom stereocenters. The molecule has 39 heavy (non-hydrogen) atoms. The van der Waals surface area contributed by atoms with E-state index in [1.807, 2.05) is 25.1 Å². The third-order valence-corrected chi connectivity index (χ3v) is 6.07. The second-order valence-corrected chi connectivity index (χ2v) is 9.04. The molecule has 0 bridgehead atoms. The Hall–Kier alpha value is -4.08. The quantitative estimate of drug-likeness (QED) is 0.262. The Kier molecular flexibility index (Phi) is 11.1. The number of hydrogen-bond acceptors (Lipinski definition) is 7. The maximum Gasteiger partial charge on any atom is 0.259 e. The molecule has 2 amide bonds. The number of benzene rings is 3. The van der Waals surface area contributed by atoms with E-state index in [2.05, 4.69) is 5.32 Å². The standard InChI is InChI=1S/C30H38N4O5/c1-21-11-14-25(28(19-21)39-17-7-6-15-31)34(2)30(36)22-12-13-24(27(20-22)37-3)33-29(35)23-9-4-5-10-26(23)38-18-8-16-32/h4-5,9-14,19-20H,6-8,15-18,31-32H2,1-3H3,(H,33,35). The number of nitrogens with one attached hydrogen (secondary N) is 1. The van der Waals surface area contributed by atoms with E-state index < -0.39 is 0 Å². The minimum Gasteiger partial charge on any atom is -0.495 e. The monoisotopic (exact) mass is 534 g/mol. The predicted molar refractivity (Wildman–Crippen MR) is 154 cm³/mol. The Labute approximate surface area is 230 Å². The highest BCUT2D eigenvalue weighted by Crippen LogP contribution is 2.32. The SMILES string of the molecule is COc1cc(C(=O)N(C)c2ccc(C)cc2OCCCCN)ccc1NC(=O)c1ccccc1OCCCN. The van der Waals surface area contributed by atoms with E-state index in [-0.39, 0.29) is 11.8 Å². The van der Waals surface area contributed by atoms with Crippen LogP contribution < -0.4 is 35.9 Å². The molecule has 0 aliphatic rings. The third-order valence-electron chi connectivity index (χ3n) is 6.07. The van der Waals surface area contributed by atoms with Crippen molar-refractivity contribution < 1.29 is 23.8 Å². The average molecular weight is 535 g/mol. The van der Waals surface area contributed by atoms with Crippen LogP contribution in [0.5, 0.6) is 17.2 Å². The van der Waals surface area contributed by atoms with Gasteiger partial charge in [0.05, 0.1) is 37.3 Å². The first-order valence-corrected chi connectivity index (χ1v) is 13.0. The molecule has 3 aromatic rings. The highest BCUT2D eigenvalue weighted by atomic mass is 16.5. The van der Waals surface area contributed by atoms with Gasteiger partial charge in [-0.25, -0.2) is 0 Å². The molecule has 5 N–H and O–H groups in total. The van der Waals surface area contributed by atoms with E-state index >= 15 is 0 Å². The summed E-state index contributed by atoms with van der Waals surface area (Å²) < 4.78 is 17.2. The Morgan fingerprint density at radius 2 is 1.56 bits per heavy atom. The first-order chi connectivity index (χ1) is 18.9. The number of rotatable bonds is 14. The van der Waals surface area contributed by atoms with E-state index in [1.54, 1.807) is 54.4 Å². The molecule has 0 aliphatic carbocycles. The first-order valence-electron chi connectivity index (χ1n) is 13.0. The van der Waals surface area contributed by atoms with Gasteiger partial charge in [0.1, 0.15) is 17.2 Å². The lowest BCUT2D eigenvalue weighted by atomic mass is 10.1. The zero-order valence-electron chi connectivity index (χ0n) is 22.9. The molecule has 9 nitrogen and oxygen atoms in total. The van der Waals surface area contributed by atoms with Crippen LogP contribution in [0.2, 0.25) is 0 Å². The number of carbonyl (C=O) groups is 2. The summed E-state index contributed by atoms with van der Waals surface area (Å²) in [7, 11) is 3.18. The van der Waals surface area contributed by atoms with Gasteiger partial charge < -0.3 is 35.9 Å². The van der Waals surface area contributed by atoms with Crippen LogP contribution in [0, 0.1) is 6.92 Å². The number of para-hydroxylation sites is 1. The Morgan fingerprint density at radius 3 is 2.31 bits per heavy atom. The topological polar surface area (TPSA) is 129 Å². The molecule has 0 saturated heterocycles. The number of ether oxygens (including phenoxy) is 3. The van der Waals surface area contributed by atoms with Crippen molar-refractivity contribution in [2.24, 2.45) is 11.5 Å². The molecule has 0 saturated carbocycles. The second kappa shape index (κ2) is 14.8. The number of nitrogens with zero attached hydrogens (tertiary/aromatic N) is 1. The van der Waals surface area contributed by atoms with Gasteiger partial charge in [-0.3, -0.25) is 9.59 Å². The molecule has 208 valence electrons. The van der Waals surface area contributed by atoms with Crippen LogP contribution >= 0.6 is 0 Å². The van der Waals surface area contributed by atoms with Crippen molar-refractivity contribution in [2.45, 2.75) is 26.2 Å². The van der Waals surface area contributed by atoms with Gasteiger partial charge in [-0.1, -0.05) is 18.2 Å². The van der Waals surface area contributed by atoms with E-state index in [1.165, 1.54) is 7.11 Å². The number of carbonyl (C=O) groups excluding carboxylic acids is 2. The van der Waals surface area contributed by atoms with Gasteiger partial charge in [-0.05, 0) is 87.3 Å². The van der Waals surface area contributed by atoms with Gasteiger partial charge in [0.25, 0.3) is 11.8 Å². The van der Waals surface area contributed by atoms with Crippen LogP contribution in [0.4, 0.5) is 11.4 Å². The van der Waals surface area contributed by atoms with Gasteiger partial charge in [-0.15, -0.1) is 0 Å². The summed E-state index contributed by atoms with van der Waals surface area (Å²) in [5, 5.41) is 2.86. The van der Waals surface area contributed by atoms with E-state index in [0.29, 0.717) is 72.5 Å². The fourth-order valence-corrected chi connectivity index (χ4v) is 3.91. The first kappa shape index (κ1) is 29.5. The number of anilines is 2. The lowest BCUT2D eigenvalue weighted by Gasteiger charge is -2.22. The van der Waals surface area contributed by atoms with Gasteiger partial charge >= 0.3 is 0 Å². The number of aryl methyl sites for hydroxylation is 1. The van der Waals surface area contributed by atoms with Crippen molar-refractivity contribution in [3.63, 3.8) is 0 Å². The largest absolute Gasteiger partial charge is 0.495 e. The van der Waals surface area contributed by atoms with Crippen molar-refractivity contribution >= 4 is 23.2 Å². The number of unbranched alkanes of at least 4 members (excludes halogenated alkanes) is 1. The highest BCUT2D eigenvalue weighted by molar-refractivity contribution is 6.09. The van der Waals surface area contributed by atoms with Crippen molar-refractivity contribution in [2.75, 3.05) is 50.7 Å². The molecule has 0 aromatic heterocycles. The minimum atomic E-state index is -0.357. The fraction of sp³-hybridized carbons (Fsp3) is 0.333. The van der Waals surface area contributed by atoms with Crippen molar-refractivity contribution in [3.8, 4) is 17.2 Å². The van der Waals surface area contributed by atoms with Gasteiger partial charge in [-0.2, -0.15) is 0 Å². The zero-order chi connectivity index (χ0) is 28.2. The second-order valence-electron chi connectivity index (χ2n) is 9.04. The van der Waals surface area contributed by atoms with Crippen molar-refractivity contribution in [1.29, 1.82) is 0 Å². The van der Waals surface area contributed by atoms with Gasteiger partial charge in [0, 0.05) is 12.6 Å². The molecule has 0 unspecified atom stereocenters. The summed E-state index contributed by atoms with van der Waals surface area (Å²) in [6, 6.07) is 17.6. The van der Waals surface area contributed by atoms with Crippen LogP contribution in [-0.2, 0) is 0 Å². The van der Waals surface area contributed by atoms with E-state index in [9.17, 15) is 9.59 Å². The predicted octanol–water partition coefficient (Wildman–Crippen LogP) is 4.38. The molecule has 0 spiro atoms. The fourth-order valence-electron chi connectivity index (χ4n) is 3.91. The summed E-state index contributed by atoms with van der Waals surface area (Å²) in [5.41, 5.74) is 14.0. The molecule has 0 aliphatic heterocycles. The van der Waals surface area contributed by atoms with Crippen molar-refractivity contribution in [3.05, 3.63) is 77.4 Å². The lowest BCUT2D eigenvalue weighted by Crippen LogP contribution is -2.27. The average Bonchev–Trinajstić information content (AvgIpc) is 2.95. The number of nitrogens with two attached hydrogens (primary N) is 2. The zero-order valence-corrected chi connectivity index (χ0v) is 22.9. The molecule has 3 aromatic carbocycles. The molecular formula is C30H38N4O5. The van der Waals surface area contributed by atoms with Crippen molar-refractivity contribution in [1.82, 2.24) is 0 Å².